The van der Waals surface area contributed by atoms with Crippen molar-refractivity contribution in [1.29, 1.82) is 0 Å². The van der Waals surface area contributed by atoms with Crippen LogP contribution >= 0.6 is 0 Å². The first-order chi connectivity index (χ1) is 8.86. The van der Waals surface area contributed by atoms with Gasteiger partial charge in [-0.15, -0.1) is 0 Å². The van der Waals surface area contributed by atoms with Crippen LogP contribution in [-0.2, 0) is 0 Å². The molecule has 1 unspecified atom stereocenters. The van der Waals surface area contributed by atoms with Gasteiger partial charge in [0.2, 0.25) is 0 Å². The second kappa shape index (κ2) is 4.94. The fourth-order valence-electron chi connectivity index (χ4n) is 2.74. The van der Waals surface area contributed by atoms with E-state index in [2.05, 4.69) is 52.1 Å². The second-order valence-electron chi connectivity index (χ2n) is 4.96. The molecule has 3 heteroatoms. The van der Waals surface area contributed by atoms with Crippen molar-refractivity contribution in [3.05, 3.63) is 54.1 Å². The van der Waals surface area contributed by atoms with Crippen molar-refractivity contribution in [1.82, 2.24) is 14.9 Å². The van der Waals surface area contributed by atoms with Crippen molar-refractivity contribution in [2.75, 3.05) is 6.54 Å². The summed E-state index contributed by atoms with van der Waals surface area (Å²) in [5, 5.41) is 3.54. The Morgan fingerprint density at radius 1 is 1.33 bits per heavy atom. The van der Waals surface area contributed by atoms with Gasteiger partial charge in [-0.3, -0.25) is 0 Å². The molecule has 1 fully saturated rings. The minimum atomic E-state index is 0.339. The Balaban J connectivity index is 1.90. The van der Waals surface area contributed by atoms with Crippen LogP contribution < -0.4 is 5.32 Å². The molecule has 1 N–H and O–H groups in total. The van der Waals surface area contributed by atoms with Crippen LogP contribution in [0.4, 0.5) is 0 Å². The van der Waals surface area contributed by atoms with E-state index in [0.29, 0.717) is 12.1 Å². The number of benzene rings is 1. The molecular formula is C15H19N3. The highest BCUT2D eigenvalue weighted by Crippen LogP contribution is 2.27. The fraction of sp³-hybridized carbons (Fsp3) is 0.400. The summed E-state index contributed by atoms with van der Waals surface area (Å²) in [5.41, 5.74) is 2.64. The maximum atomic E-state index is 4.34. The smallest absolute Gasteiger partial charge is 0.0954 e. The third kappa shape index (κ3) is 2.06. The van der Waals surface area contributed by atoms with Gasteiger partial charge in [0.1, 0.15) is 0 Å². The molecule has 2 atom stereocenters. The lowest BCUT2D eigenvalue weighted by Crippen LogP contribution is -2.18. The molecule has 0 aliphatic carbocycles. The summed E-state index contributed by atoms with van der Waals surface area (Å²) in [6, 6.07) is 11.4. The van der Waals surface area contributed by atoms with Gasteiger partial charge in [-0.05, 0) is 31.9 Å². The van der Waals surface area contributed by atoms with Crippen molar-refractivity contribution in [2.24, 2.45) is 0 Å². The lowest BCUT2D eigenvalue weighted by atomic mass is 10.1. The Bertz CT molecular complexity index is 497. The maximum absolute atomic E-state index is 4.34. The topological polar surface area (TPSA) is 29.9 Å². The molecule has 1 aliphatic heterocycles. The maximum Gasteiger partial charge on any atom is 0.0954 e. The van der Waals surface area contributed by atoms with E-state index in [-0.39, 0.29) is 0 Å². The summed E-state index contributed by atoms with van der Waals surface area (Å²) in [6.45, 7) is 3.35. The number of imidazole rings is 1. The molecule has 1 aromatic carbocycles. The zero-order chi connectivity index (χ0) is 12.4. The molecule has 1 aliphatic rings. The molecule has 0 saturated carbocycles. The van der Waals surface area contributed by atoms with Crippen molar-refractivity contribution < 1.29 is 0 Å². The Kier molecular flexibility index (Phi) is 3.15. The van der Waals surface area contributed by atoms with E-state index in [1.807, 2.05) is 12.5 Å². The third-order valence-corrected chi connectivity index (χ3v) is 3.81. The van der Waals surface area contributed by atoms with Gasteiger partial charge >= 0.3 is 0 Å². The number of nitrogens with zero attached hydrogens (tertiary/aromatic N) is 2. The highest BCUT2D eigenvalue weighted by atomic mass is 15.1. The molecule has 3 rings (SSSR count). The zero-order valence-electron chi connectivity index (χ0n) is 10.7. The summed E-state index contributed by atoms with van der Waals surface area (Å²) < 4.78 is 2.29. The fourth-order valence-corrected chi connectivity index (χ4v) is 2.74. The molecule has 1 saturated heterocycles. The lowest BCUT2D eigenvalue weighted by molar-refractivity contribution is 0.538. The van der Waals surface area contributed by atoms with E-state index in [4.69, 9.17) is 0 Å². The number of aromatic nitrogens is 2. The highest BCUT2D eigenvalue weighted by molar-refractivity contribution is 5.21. The van der Waals surface area contributed by atoms with Crippen LogP contribution in [0.1, 0.15) is 43.1 Å². The van der Waals surface area contributed by atoms with E-state index in [1.165, 1.54) is 24.1 Å². The van der Waals surface area contributed by atoms with Crippen LogP contribution in [-0.4, -0.2) is 16.1 Å². The van der Waals surface area contributed by atoms with Gasteiger partial charge in [0.15, 0.2) is 0 Å². The molecule has 0 spiro atoms. The van der Waals surface area contributed by atoms with Crippen molar-refractivity contribution in [3.63, 3.8) is 0 Å². The van der Waals surface area contributed by atoms with Crippen molar-refractivity contribution in [2.45, 2.75) is 31.8 Å². The first-order valence-corrected chi connectivity index (χ1v) is 6.66. The van der Waals surface area contributed by atoms with E-state index in [1.54, 1.807) is 0 Å². The standard InChI is InChI=1S/C15H19N3/c1-12(13-6-3-2-4-7-13)18-11-16-10-15(18)14-8-5-9-17-14/h2-4,6-7,10-12,14,17H,5,8-9H2,1H3/t12?,14-/m0/s1. The predicted molar refractivity (Wildman–Crippen MR) is 72.5 cm³/mol. The summed E-state index contributed by atoms with van der Waals surface area (Å²) >= 11 is 0. The van der Waals surface area contributed by atoms with E-state index >= 15 is 0 Å². The molecule has 0 bridgehead atoms. The van der Waals surface area contributed by atoms with Crippen LogP contribution in [0.5, 0.6) is 0 Å². The first-order valence-electron chi connectivity index (χ1n) is 6.66. The molecule has 0 amide bonds. The van der Waals surface area contributed by atoms with E-state index in [9.17, 15) is 0 Å². The molecule has 94 valence electrons. The van der Waals surface area contributed by atoms with Crippen LogP contribution in [0.2, 0.25) is 0 Å². The number of hydrogen-bond donors (Lipinski definition) is 1. The molecule has 3 nitrogen and oxygen atoms in total. The van der Waals surface area contributed by atoms with Gasteiger partial charge in [0.25, 0.3) is 0 Å². The van der Waals surface area contributed by atoms with Gasteiger partial charge in [-0.1, -0.05) is 30.3 Å². The normalized spacial score (nSPS) is 21.1. The van der Waals surface area contributed by atoms with Crippen LogP contribution in [0.15, 0.2) is 42.9 Å². The SMILES string of the molecule is CC(c1ccccc1)n1cncc1[C@@H]1CCCN1. The summed E-state index contributed by atoms with van der Waals surface area (Å²) in [7, 11) is 0. The Labute approximate surface area is 108 Å². The van der Waals surface area contributed by atoms with Crippen LogP contribution in [0.25, 0.3) is 0 Å². The van der Waals surface area contributed by atoms with Gasteiger partial charge < -0.3 is 9.88 Å². The zero-order valence-corrected chi connectivity index (χ0v) is 10.7. The average Bonchev–Trinajstić information content (AvgIpc) is 3.09. The van der Waals surface area contributed by atoms with Crippen LogP contribution in [0, 0.1) is 0 Å². The molecule has 1 aromatic heterocycles. The Morgan fingerprint density at radius 2 is 2.17 bits per heavy atom. The first kappa shape index (κ1) is 11.5. The quantitative estimate of drug-likeness (QED) is 0.895. The molecule has 18 heavy (non-hydrogen) atoms. The second-order valence-corrected chi connectivity index (χ2v) is 4.96. The minimum Gasteiger partial charge on any atom is -0.326 e. The molecule has 0 radical (unpaired) electrons. The van der Waals surface area contributed by atoms with Crippen molar-refractivity contribution >= 4 is 0 Å². The van der Waals surface area contributed by atoms with E-state index < -0.39 is 0 Å². The molecule has 2 heterocycles. The highest BCUT2D eigenvalue weighted by Gasteiger charge is 2.21. The summed E-state index contributed by atoms with van der Waals surface area (Å²) in [4.78, 5) is 4.34. The van der Waals surface area contributed by atoms with Crippen LogP contribution in [0.3, 0.4) is 0 Å². The molecule has 2 aromatic rings. The number of nitrogens with one attached hydrogen (secondary N) is 1. The lowest BCUT2D eigenvalue weighted by Gasteiger charge is -2.20. The summed E-state index contributed by atoms with van der Waals surface area (Å²) in [5.74, 6) is 0. The third-order valence-electron chi connectivity index (χ3n) is 3.81. The van der Waals surface area contributed by atoms with Gasteiger partial charge in [-0.2, -0.15) is 0 Å². The summed E-state index contributed by atoms with van der Waals surface area (Å²) in [6.07, 6.45) is 6.43. The van der Waals surface area contributed by atoms with Gasteiger partial charge in [0, 0.05) is 12.2 Å². The number of rotatable bonds is 3. The van der Waals surface area contributed by atoms with Gasteiger partial charge in [0.05, 0.1) is 18.1 Å². The monoisotopic (exact) mass is 241 g/mol. The minimum absolute atomic E-state index is 0.339. The predicted octanol–water partition coefficient (Wildman–Crippen LogP) is 2.92. The largest absolute Gasteiger partial charge is 0.326 e. The van der Waals surface area contributed by atoms with E-state index in [0.717, 1.165) is 6.54 Å². The van der Waals surface area contributed by atoms with Gasteiger partial charge in [-0.25, -0.2) is 4.98 Å². The molecular weight excluding hydrogens is 222 g/mol. The Morgan fingerprint density at radius 3 is 2.89 bits per heavy atom. The number of hydrogen-bond acceptors (Lipinski definition) is 2. The average molecular weight is 241 g/mol. The Hall–Kier alpha value is -1.61. The van der Waals surface area contributed by atoms with Crippen molar-refractivity contribution in [3.8, 4) is 0 Å².